The van der Waals surface area contributed by atoms with Gasteiger partial charge < -0.3 is 10.0 Å². The molecule has 4 heteroatoms. The van der Waals surface area contributed by atoms with Crippen LogP contribution in [0.4, 0.5) is 5.82 Å². The number of rotatable bonds is 2. The minimum Gasteiger partial charge on any atom is -0.396 e. The standard InChI is InChI=1S/C16H19N3O/c20-10-16-7-3-4-12(16)8-19(9-16)15-13-5-1-2-6-14(13)17-11-18-15/h1-2,5-6,11-12,20H,3-4,7-10H2. The second-order valence-electron chi connectivity index (χ2n) is 6.20. The normalized spacial score (nSPS) is 29.1. The van der Waals surface area contributed by atoms with Crippen molar-refractivity contribution in [3.05, 3.63) is 30.6 Å². The van der Waals surface area contributed by atoms with E-state index in [0.717, 1.165) is 36.2 Å². The van der Waals surface area contributed by atoms with Gasteiger partial charge in [-0.05, 0) is 30.9 Å². The van der Waals surface area contributed by atoms with Crippen LogP contribution in [0, 0.1) is 11.3 Å². The predicted octanol–water partition coefficient (Wildman–Crippen LogP) is 2.23. The van der Waals surface area contributed by atoms with Crippen molar-refractivity contribution in [2.45, 2.75) is 19.3 Å². The van der Waals surface area contributed by atoms with E-state index in [1.54, 1.807) is 6.33 Å². The van der Waals surface area contributed by atoms with Gasteiger partial charge in [-0.3, -0.25) is 0 Å². The van der Waals surface area contributed by atoms with E-state index >= 15 is 0 Å². The Bertz CT molecular complexity index is 639. The van der Waals surface area contributed by atoms with E-state index in [2.05, 4.69) is 20.9 Å². The number of hydrogen-bond acceptors (Lipinski definition) is 4. The van der Waals surface area contributed by atoms with Gasteiger partial charge in [0.1, 0.15) is 12.1 Å². The highest BCUT2D eigenvalue weighted by molar-refractivity contribution is 5.89. The lowest BCUT2D eigenvalue weighted by Crippen LogP contribution is -2.31. The monoisotopic (exact) mass is 269 g/mol. The summed E-state index contributed by atoms with van der Waals surface area (Å²) in [5.41, 5.74) is 1.10. The summed E-state index contributed by atoms with van der Waals surface area (Å²) in [4.78, 5) is 11.2. The Morgan fingerprint density at radius 3 is 3.05 bits per heavy atom. The first kappa shape index (κ1) is 12.1. The van der Waals surface area contributed by atoms with Gasteiger partial charge in [-0.1, -0.05) is 18.6 Å². The van der Waals surface area contributed by atoms with E-state index in [0.29, 0.717) is 12.5 Å². The molecule has 1 saturated heterocycles. The number of para-hydroxylation sites is 1. The molecule has 4 nitrogen and oxygen atoms in total. The van der Waals surface area contributed by atoms with Crippen LogP contribution in [-0.4, -0.2) is 34.8 Å². The summed E-state index contributed by atoms with van der Waals surface area (Å²) in [6.07, 6.45) is 5.29. The smallest absolute Gasteiger partial charge is 0.139 e. The van der Waals surface area contributed by atoms with Gasteiger partial charge >= 0.3 is 0 Å². The summed E-state index contributed by atoms with van der Waals surface area (Å²) in [6.45, 7) is 2.24. The number of hydrogen-bond donors (Lipinski definition) is 1. The third kappa shape index (κ3) is 1.64. The topological polar surface area (TPSA) is 49.2 Å². The first-order valence-electron chi connectivity index (χ1n) is 7.38. The number of nitrogens with zero attached hydrogens (tertiary/aromatic N) is 3. The maximum Gasteiger partial charge on any atom is 0.139 e. The molecule has 2 aliphatic rings. The van der Waals surface area contributed by atoms with E-state index in [-0.39, 0.29) is 5.41 Å². The molecule has 104 valence electrons. The van der Waals surface area contributed by atoms with Crippen molar-refractivity contribution in [2.24, 2.45) is 11.3 Å². The zero-order valence-corrected chi connectivity index (χ0v) is 11.5. The Hall–Kier alpha value is -1.68. The summed E-state index contributed by atoms with van der Waals surface area (Å²) in [7, 11) is 0. The van der Waals surface area contributed by atoms with Gasteiger partial charge in [0.05, 0.1) is 12.1 Å². The number of fused-ring (bicyclic) bond motifs is 2. The minimum absolute atomic E-state index is 0.103. The summed E-state index contributed by atoms with van der Waals surface area (Å²) < 4.78 is 0. The Balaban J connectivity index is 1.75. The Morgan fingerprint density at radius 1 is 1.30 bits per heavy atom. The highest BCUT2D eigenvalue weighted by Gasteiger charge is 2.49. The fourth-order valence-electron chi connectivity index (χ4n) is 4.08. The molecule has 2 unspecified atom stereocenters. The van der Waals surface area contributed by atoms with Gasteiger partial charge in [0.25, 0.3) is 0 Å². The summed E-state index contributed by atoms with van der Waals surface area (Å²) in [5.74, 6) is 1.64. The minimum atomic E-state index is 0.103. The largest absolute Gasteiger partial charge is 0.396 e. The van der Waals surface area contributed by atoms with Crippen LogP contribution in [0.5, 0.6) is 0 Å². The first-order chi connectivity index (χ1) is 9.82. The van der Waals surface area contributed by atoms with Crippen LogP contribution >= 0.6 is 0 Å². The molecular weight excluding hydrogens is 250 g/mol. The van der Waals surface area contributed by atoms with E-state index in [1.165, 1.54) is 12.8 Å². The molecule has 0 radical (unpaired) electrons. The number of aromatic nitrogens is 2. The van der Waals surface area contributed by atoms with Crippen molar-refractivity contribution in [2.75, 3.05) is 24.6 Å². The van der Waals surface area contributed by atoms with Crippen molar-refractivity contribution in [3.63, 3.8) is 0 Å². The number of aliphatic hydroxyl groups is 1. The molecule has 0 amide bonds. The molecule has 1 N–H and O–H groups in total. The average molecular weight is 269 g/mol. The van der Waals surface area contributed by atoms with Crippen LogP contribution < -0.4 is 4.90 Å². The van der Waals surface area contributed by atoms with Crippen LogP contribution in [-0.2, 0) is 0 Å². The van der Waals surface area contributed by atoms with Crippen LogP contribution in [0.3, 0.4) is 0 Å². The SMILES string of the molecule is OCC12CCCC1CN(c1ncnc3ccccc13)C2. The van der Waals surface area contributed by atoms with Crippen molar-refractivity contribution < 1.29 is 5.11 Å². The molecule has 1 aromatic carbocycles. The highest BCUT2D eigenvalue weighted by Crippen LogP contribution is 2.49. The van der Waals surface area contributed by atoms with Crippen LogP contribution in [0.15, 0.2) is 30.6 Å². The number of benzene rings is 1. The van der Waals surface area contributed by atoms with Gasteiger partial charge in [0.2, 0.25) is 0 Å². The highest BCUT2D eigenvalue weighted by atomic mass is 16.3. The van der Waals surface area contributed by atoms with Gasteiger partial charge in [-0.2, -0.15) is 0 Å². The van der Waals surface area contributed by atoms with Gasteiger partial charge in [0, 0.05) is 23.9 Å². The van der Waals surface area contributed by atoms with Crippen molar-refractivity contribution in [1.29, 1.82) is 0 Å². The second kappa shape index (κ2) is 4.42. The third-order valence-electron chi connectivity index (χ3n) is 5.18. The van der Waals surface area contributed by atoms with E-state index < -0.39 is 0 Å². The summed E-state index contributed by atoms with van der Waals surface area (Å²) in [6, 6.07) is 8.16. The molecule has 2 aromatic rings. The van der Waals surface area contributed by atoms with E-state index in [4.69, 9.17) is 0 Å². The van der Waals surface area contributed by atoms with Gasteiger partial charge in [0.15, 0.2) is 0 Å². The zero-order valence-electron chi connectivity index (χ0n) is 11.5. The molecule has 1 aliphatic heterocycles. The van der Waals surface area contributed by atoms with Crippen molar-refractivity contribution >= 4 is 16.7 Å². The lowest BCUT2D eigenvalue weighted by Gasteiger charge is -2.26. The summed E-state index contributed by atoms with van der Waals surface area (Å²) >= 11 is 0. The molecule has 1 aromatic heterocycles. The molecule has 20 heavy (non-hydrogen) atoms. The quantitative estimate of drug-likeness (QED) is 0.908. The zero-order chi connectivity index (χ0) is 13.6. The molecule has 0 bridgehead atoms. The molecule has 2 fully saturated rings. The third-order valence-corrected chi connectivity index (χ3v) is 5.18. The maximum absolute atomic E-state index is 9.85. The maximum atomic E-state index is 9.85. The van der Waals surface area contributed by atoms with E-state index in [9.17, 15) is 5.11 Å². The second-order valence-corrected chi connectivity index (χ2v) is 6.20. The fraction of sp³-hybridized carbons (Fsp3) is 0.500. The lowest BCUT2D eigenvalue weighted by atomic mass is 9.82. The lowest BCUT2D eigenvalue weighted by molar-refractivity contribution is 0.121. The van der Waals surface area contributed by atoms with Crippen molar-refractivity contribution in [1.82, 2.24) is 9.97 Å². The van der Waals surface area contributed by atoms with Crippen LogP contribution in [0.1, 0.15) is 19.3 Å². The molecule has 1 aliphatic carbocycles. The molecule has 0 spiro atoms. The summed E-state index contributed by atoms with van der Waals surface area (Å²) in [5, 5.41) is 11.0. The average Bonchev–Trinajstić information content (AvgIpc) is 3.03. The molecular formula is C16H19N3O. The molecule has 1 saturated carbocycles. The number of aliphatic hydroxyl groups excluding tert-OH is 1. The van der Waals surface area contributed by atoms with Crippen molar-refractivity contribution in [3.8, 4) is 0 Å². The number of anilines is 1. The first-order valence-corrected chi connectivity index (χ1v) is 7.38. The molecule has 2 heterocycles. The predicted molar refractivity (Wildman–Crippen MR) is 78.6 cm³/mol. The Labute approximate surface area is 118 Å². The van der Waals surface area contributed by atoms with Gasteiger partial charge in [-0.25, -0.2) is 9.97 Å². The fourth-order valence-corrected chi connectivity index (χ4v) is 4.08. The molecule has 4 rings (SSSR count). The van der Waals surface area contributed by atoms with E-state index in [1.807, 2.05) is 18.2 Å². The Kier molecular flexibility index (Phi) is 2.67. The molecule has 2 atom stereocenters. The van der Waals surface area contributed by atoms with Crippen LogP contribution in [0.2, 0.25) is 0 Å². The Morgan fingerprint density at radius 2 is 2.20 bits per heavy atom. The van der Waals surface area contributed by atoms with Crippen LogP contribution in [0.25, 0.3) is 10.9 Å². The van der Waals surface area contributed by atoms with Gasteiger partial charge in [-0.15, -0.1) is 0 Å².